The number of rotatable bonds is 5. The minimum Gasteiger partial charge on any atom is -0.387 e. The summed E-state index contributed by atoms with van der Waals surface area (Å²) in [6.45, 7) is 2.33. The smallest absolute Gasteiger partial charge is 0.261 e. The molecule has 25 heavy (non-hydrogen) atoms. The van der Waals surface area contributed by atoms with Crippen LogP contribution < -0.4 is 11.1 Å². The Hall–Kier alpha value is -2.67. The number of amidine groups is 1. The summed E-state index contributed by atoms with van der Waals surface area (Å²) >= 11 is 1.41. The first-order valence-electron chi connectivity index (χ1n) is 7.90. The van der Waals surface area contributed by atoms with E-state index in [1.54, 1.807) is 13.1 Å². The Bertz CT molecular complexity index is 812. The second-order valence-electron chi connectivity index (χ2n) is 6.10. The minimum atomic E-state index is -0.551. The van der Waals surface area contributed by atoms with Gasteiger partial charge >= 0.3 is 0 Å². The van der Waals surface area contributed by atoms with Crippen molar-refractivity contribution in [1.82, 2.24) is 5.32 Å². The predicted octanol–water partition coefficient (Wildman–Crippen LogP) is 2.40. The molecule has 0 saturated heterocycles. The predicted molar refractivity (Wildman–Crippen MR) is 100 cm³/mol. The van der Waals surface area contributed by atoms with Gasteiger partial charge in [0.25, 0.3) is 5.91 Å². The molecule has 2 aromatic rings. The largest absolute Gasteiger partial charge is 0.387 e. The summed E-state index contributed by atoms with van der Waals surface area (Å²) in [6.07, 6.45) is 0.619. The van der Waals surface area contributed by atoms with Gasteiger partial charge in [-0.15, -0.1) is 11.3 Å². The van der Waals surface area contributed by atoms with Crippen LogP contribution in [0.15, 0.2) is 51.9 Å². The van der Waals surface area contributed by atoms with E-state index in [-0.39, 0.29) is 5.91 Å². The molecule has 2 heterocycles. The van der Waals surface area contributed by atoms with Crippen LogP contribution in [0.3, 0.4) is 0 Å². The standard InChI is InChI=1S/C18H20N4O2S/c1-18(11-21-17(23)15-4-3-9-25-15)10-14(22-24-18)12-5-7-13(8-6-12)16(19)20-2/h3-9H,10-11H2,1-2H3,(H2,19,20)(H,21,23). The average molecular weight is 356 g/mol. The van der Waals surface area contributed by atoms with Crippen molar-refractivity contribution in [1.29, 1.82) is 0 Å². The van der Waals surface area contributed by atoms with Crippen LogP contribution >= 0.6 is 11.3 Å². The molecule has 0 saturated carbocycles. The molecular weight excluding hydrogens is 336 g/mol. The number of carbonyl (C=O) groups excluding carboxylic acids is 1. The number of thiophene rings is 1. The third-order valence-electron chi connectivity index (χ3n) is 4.04. The van der Waals surface area contributed by atoms with Crippen molar-refractivity contribution in [2.24, 2.45) is 15.9 Å². The maximum Gasteiger partial charge on any atom is 0.261 e. The quantitative estimate of drug-likeness (QED) is 0.637. The molecule has 7 heteroatoms. The van der Waals surface area contributed by atoms with Crippen molar-refractivity contribution >= 4 is 28.8 Å². The lowest BCUT2D eigenvalue weighted by Gasteiger charge is -2.21. The minimum absolute atomic E-state index is 0.0908. The highest BCUT2D eigenvalue weighted by atomic mass is 32.1. The van der Waals surface area contributed by atoms with Gasteiger partial charge in [-0.25, -0.2) is 0 Å². The fraction of sp³-hybridized carbons (Fsp3) is 0.278. The van der Waals surface area contributed by atoms with Gasteiger partial charge < -0.3 is 15.9 Å². The summed E-state index contributed by atoms with van der Waals surface area (Å²) in [5.41, 5.74) is 7.95. The van der Waals surface area contributed by atoms with Crippen LogP contribution in [0.25, 0.3) is 0 Å². The molecule has 0 fully saturated rings. The van der Waals surface area contributed by atoms with Crippen molar-refractivity contribution in [3.05, 3.63) is 57.8 Å². The van der Waals surface area contributed by atoms with Crippen LogP contribution in [0, 0.1) is 0 Å². The van der Waals surface area contributed by atoms with Gasteiger partial charge in [-0.1, -0.05) is 35.5 Å². The lowest BCUT2D eigenvalue weighted by molar-refractivity contribution is -0.00178. The van der Waals surface area contributed by atoms with Gasteiger partial charge in [-0.3, -0.25) is 9.79 Å². The van der Waals surface area contributed by atoms with Gasteiger partial charge in [-0.2, -0.15) is 0 Å². The molecule has 0 radical (unpaired) electrons. The molecule has 1 unspecified atom stereocenters. The first-order chi connectivity index (χ1) is 12.0. The van der Waals surface area contributed by atoms with Gasteiger partial charge in [0.2, 0.25) is 0 Å². The Kier molecular flexibility index (Phi) is 4.85. The topological polar surface area (TPSA) is 89.1 Å². The van der Waals surface area contributed by atoms with Crippen LogP contribution in [0.2, 0.25) is 0 Å². The molecule has 130 valence electrons. The van der Waals surface area contributed by atoms with E-state index in [2.05, 4.69) is 15.5 Å². The summed E-state index contributed by atoms with van der Waals surface area (Å²) in [6, 6.07) is 11.4. The maximum atomic E-state index is 12.1. The normalized spacial score (nSPS) is 20.1. The molecule has 0 aliphatic carbocycles. The second kappa shape index (κ2) is 7.06. The maximum absolute atomic E-state index is 12.1. The first kappa shape index (κ1) is 17.2. The Morgan fingerprint density at radius 1 is 1.40 bits per heavy atom. The summed E-state index contributed by atoms with van der Waals surface area (Å²) < 4.78 is 0. The number of nitrogens with zero attached hydrogens (tertiary/aromatic N) is 2. The molecule has 1 amide bonds. The third-order valence-corrected chi connectivity index (χ3v) is 4.91. The van der Waals surface area contributed by atoms with Gasteiger partial charge in [0.15, 0.2) is 5.60 Å². The molecule has 6 nitrogen and oxygen atoms in total. The molecule has 1 atom stereocenters. The van der Waals surface area contributed by atoms with E-state index in [0.29, 0.717) is 23.7 Å². The van der Waals surface area contributed by atoms with Crippen LogP contribution in [-0.2, 0) is 4.84 Å². The monoisotopic (exact) mass is 356 g/mol. The molecule has 1 aliphatic rings. The van der Waals surface area contributed by atoms with E-state index in [9.17, 15) is 4.79 Å². The van der Waals surface area contributed by atoms with Crippen LogP contribution in [-0.4, -0.2) is 36.6 Å². The van der Waals surface area contributed by atoms with Crippen LogP contribution in [0.4, 0.5) is 0 Å². The summed E-state index contributed by atoms with van der Waals surface area (Å²) in [5, 5.41) is 8.99. The first-order valence-corrected chi connectivity index (χ1v) is 8.78. The average Bonchev–Trinajstić information content (AvgIpc) is 3.30. The zero-order valence-corrected chi connectivity index (χ0v) is 15.0. The number of oxime groups is 1. The van der Waals surface area contributed by atoms with E-state index in [1.807, 2.05) is 42.6 Å². The molecule has 1 aliphatic heterocycles. The fourth-order valence-electron chi connectivity index (χ4n) is 2.56. The van der Waals surface area contributed by atoms with Gasteiger partial charge in [-0.05, 0) is 23.9 Å². The van der Waals surface area contributed by atoms with E-state index in [4.69, 9.17) is 10.6 Å². The highest BCUT2D eigenvalue weighted by molar-refractivity contribution is 7.12. The van der Waals surface area contributed by atoms with Crippen molar-refractivity contribution in [2.75, 3.05) is 13.6 Å². The molecule has 0 bridgehead atoms. The third kappa shape index (κ3) is 3.88. The Morgan fingerprint density at radius 3 is 2.80 bits per heavy atom. The van der Waals surface area contributed by atoms with E-state index < -0.39 is 5.60 Å². The number of carbonyl (C=O) groups is 1. The van der Waals surface area contributed by atoms with Crippen molar-refractivity contribution < 1.29 is 9.63 Å². The Balaban J connectivity index is 1.61. The zero-order chi connectivity index (χ0) is 17.9. The van der Waals surface area contributed by atoms with Gasteiger partial charge in [0.05, 0.1) is 17.1 Å². The number of amides is 1. The summed E-state index contributed by atoms with van der Waals surface area (Å²) in [7, 11) is 1.66. The molecule has 0 spiro atoms. The number of nitrogens with two attached hydrogens (primary N) is 1. The Labute approximate surface area is 150 Å². The number of hydrogen-bond donors (Lipinski definition) is 2. The fourth-order valence-corrected chi connectivity index (χ4v) is 3.20. The van der Waals surface area contributed by atoms with E-state index in [1.165, 1.54) is 11.3 Å². The van der Waals surface area contributed by atoms with E-state index >= 15 is 0 Å². The van der Waals surface area contributed by atoms with Crippen LogP contribution in [0.5, 0.6) is 0 Å². The number of benzene rings is 1. The van der Waals surface area contributed by atoms with Crippen molar-refractivity contribution in [3.63, 3.8) is 0 Å². The molecule has 3 N–H and O–H groups in total. The number of nitrogens with one attached hydrogen (secondary N) is 1. The lowest BCUT2D eigenvalue weighted by Crippen LogP contribution is -2.40. The lowest BCUT2D eigenvalue weighted by atomic mass is 9.95. The SMILES string of the molecule is CN=C(N)c1ccc(C2=NOC(C)(CNC(=O)c3cccs3)C2)cc1. The van der Waals surface area contributed by atoms with Crippen LogP contribution in [0.1, 0.15) is 34.1 Å². The number of aliphatic imine (C=N–C) groups is 1. The molecule has 1 aromatic carbocycles. The highest BCUT2D eigenvalue weighted by Crippen LogP contribution is 2.26. The molecule has 3 rings (SSSR count). The molecular formula is C18H20N4O2S. The number of hydrogen-bond acceptors (Lipinski definition) is 5. The van der Waals surface area contributed by atoms with E-state index in [0.717, 1.165) is 16.8 Å². The Morgan fingerprint density at radius 2 is 2.16 bits per heavy atom. The van der Waals surface area contributed by atoms with Crippen molar-refractivity contribution in [3.8, 4) is 0 Å². The summed E-state index contributed by atoms with van der Waals surface area (Å²) in [4.78, 5) is 22.3. The molecule has 1 aromatic heterocycles. The van der Waals surface area contributed by atoms with Gasteiger partial charge in [0, 0.05) is 19.0 Å². The zero-order valence-electron chi connectivity index (χ0n) is 14.2. The summed E-state index contributed by atoms with van der Waals surface area (Å²) in [5.74, 6) is 0.407. The second-order valence-corrected chi connectivity index (χ2v) is 7.05. The van der Waals surface area contributed by atoms with Crippen molar-refractivity contribution in [2.45, 2.75) is 18.9 Å². The highest BCUT2D eigenvalue weighted by Gasteiger charge is 2.35. The van der Waals surface area contributed by atoms with Gasteiger partial charge in [0.1, 0.15) is 5.84 Å².